The van der Waals surface area contributed by atoms with E-state index in [2.05, 4.69) is 0 Å². The minimum atomic E-state index is -0.0841. The molecule has 0 aliphatic carbocycles. The molecule has 100 valence electrons. The average Bonchev–Trinajstić information content (AvgIpc) is 2.42. The van der Waals surface area contributed by atoms with E-state index in [1.165, 1.54) is 0 Å². The van der Waals surface area contributed by atoms with Crippen LogP contribution in [0.25, 0.3) is 0 Å². The second kappa shape index (κ2) is 8.66. The molecule has 1 rings (SSSR count). The fraction of sp³-hybridized carbons (Fsp3) is 0.500. The van der Waals surface area contributed by atoms with Crippen LogP contribution in [0.1, 0.15) is 20.3 Å². The normalized spacial score (nSPS) is 10.3. The Kier molecular flexibility index (Phi) is 7.06. The van der Waals surface area contributed by atoms with Crippen LogP contribution in [0.5, 0.6) is 0 Å². The number of nitrogens with zero attached hydrogens (tertiary/aromatic N) is 1. The molecule has 4 heteroatoms. The van der Waals surface area contributed by atoms with Gasteiger partial charge in [0.1, 0.15) is 13.3 Å². The van der Waals surface area contributed by atoms with Gasteiger partial charge >= 0.3 is 0 Å². The molecule has 0 aliphatic rings. The van der Waals surface area contributed by atoms with E-state index in [4.69, 9.17) is 9.47 Å². The van der Waals surface area contributed by atoms with E-state index in [-0.39, 0.29) is 19.2 Å². The molecule has 0 bridgehead atoms. The van der Waals surface area contributed by atoms with Gasteiger partial charge < -0.3 is 9.47 Å². The molecular weight excluding hydrogens is 230 g/mol. The number of amides is 1. The van der Waals surface area contributed by atoms with Gasteiger partial charge in [0.25, 0.3) is 5.91 Å². The molecule has 0 N–H and O–H groups in total. The molecular formula is C14H21NO3. The number of ether oxygens (including phenoxy) is 2. The molecule has 0 saturated heterocycles. The largest absolute Gasteiger partial charge is 0.372 e. The standard InChI is InChI=1S/C14H21NO3/c1-3-10-18-12-15(14(16)11-17-4-2)13-8-6-5-7-9-13/h5-9H,3-4,10-12H2,1-2H3. The molecule has 1 amide bonds. The second-order valence-electron chi connectivity index (χ2n) is 3.83. The summed E-state index contributed by atoms with van der Waals surface area (Å²) in [7, 11) is 0. The maximum Gasteiger partial charge on any atom is 0.254 e. The molecule has 4 nitrogen and oxygen atoms in total. The molecule has 1 aromatic carbocycles. The third-order valence-corrected chi connectivity index (χ3v) is 2.37. The molecule has 0 atom stereocenters. The van der Waals surface area contributed by atoms with Crippen LogP contribution in [0.4, 0.5) is 5.69 Å². The molecule has 0 fully saturated rings. The smallest absolute Gasteiger partial charge is 0.254 e. The van der Waals surface area contributed by atoms with E-state index in [1.54, 1.807) is 4.90 Å². The fourth-order valence-corrected chi connectivity index (χ4v) is 1.47. The molecule has 0 aliphatic heterocycles. The van der Waals surface area contributed by atoms with Crippen molar-refractivity contribution in [2.24, 2.45) is 0 Å². The van der Waals surface area contributed by atoms with Crippen molar-refractivity contribution in [3.63, 3.8) is 0 Å². The number of carbonyl (C=O) groups is 1. The first-order valence-corrected chi connectivity index (χ1v) is 6.30. The lowest BCUT2D eigenvalue weighted by molar-refractivity contribution is -0.124. The minimum absolute atomic E-state index is 0.0841. The molecule has 1 aromatic rings. The van der Waals surface area contributed by atoms with Gasteiger partial charge in [0.15, 0.2) is 0 Å². The Labute approximate surface area is 108 Å². The maximum absolute atomic E-state index is 12.0. The summed E-state index contributed by atoms with van der Waals surface area (Å²) in [5, 5.41) is 0. The Balaban J connectivity index is 2.65. The Morgan fingerprint density at radius 1 is 1.17 bits per heavy atom. The molecule has 0 aromatic heterocycles. The zero-order chi connectivity index (χ0) is 13.2. The highest BCUT2D eigenvalue weighted by molar-refractivity contribution is 5.94. The van der Waals surface area contributed by atoms with Crippen molar-refractivity contribution in [2.75, 3.05) is 31.5 Å². The Hall–Kier alpha value is -1.39. The number of para-hydroxylation sites is 1. The van der Waals surface area contributed by atoms with Crippen LogP contribution in [0.15, 0.2) is 30.3 Å². The lowest BCUT2D eigenvalue weighted by Gasteiger charge is -2.22. The molecule has 0 unspecified atom stereocenters. The SMILES string of the molecule is CCCOCN(C(=O)COCC)c1ccccc1. The van der Waals surface area contributed by atoms with Crippen molar-refractivity contribution >= 4 is 11.6 Å². The van der Waals surface area contributed by atoms with Crippen molar-refractivity contribution in [1.29, 1.82) is 0 Å². The van der Waals surface area contributed by atoms with E-state index in [9.17, 15) is 4.79 Å². The summed E-state index contributed by atoms with van der Waals surface area (Å²) in [6.45, 7) is 5.43. The summed E-state index contributed by atoms with van der Waals surface area (Å²) in [5.74, 6) is -0.0841. The van der Waals surface area contributed by atoms with Gasteiger partial charge in [-0.2, -0.15) is 0 Å². The highest BCUT2D eigenvalue weighted by Crippen LogP contribution is 2.13. The molecule has 0 saturated carbocycles. The average molecular weight is 251 g/mol. The number of carbonyl (C=O) groups excluding carboxylic acids is 1. The van der Waals surface area contributed by atoms with Crippen molar-refractivity contribution in [3.8, 4) is 0 Å². The van der Waals surface area contributed by atoms with Gasteiger partial charge in [-0.25, -0.2) is 0 Å². The monoisotopic (exact) mass is 251 g/mol. The summed E-state index contributed by atoms with van der Waals surface area (Å²) < 4.78 is 10.6. The van der Waals surface area contributed by atoms with E-state index in [0.29, 0.717) is 13.2 Å². The first-order chi connectivity index (χ1) is 8.79. The second-order valence-corrected chi connectivity index (χ2v) is 3.83. The van der Waals surface area contributed by atoms with E-state index in [1.807, 2.05) is 44.2 Å². The molecule has 0 spiro atoms. The van der Waals surface area contributed by atoms with Gasteiger partial charge in [-0.1, -0.05) is 25.1 Å². The van der Waals surface area contributed by atoms with Gasteiger partial charge in [0, 0.05) is 18.9 Å². The third kappa shape index (κ3) is 4.85. The summed E-state index contributed by atoms with van der Waals surface area (Å²) in [6, 6.07) is 9.49. The van der Waals surface area contributed by atoms with Crippen LogP contribution in [-0.4, -0.2) is 32.5 Å². The summed E-state index contributed by atoms with van der Waals surface area (Å²) >= 11 is 0. The number of benzene rings is 1. The van der Waals surface area contributed by atoms with Crippen molar-refractivity contribution < 1.29 is 14.3 Å². The number of rotatable bonds is 8. The van der Waals surface area contributed by atoms with E-state index in [0.717, 1.165) is 12.1 Å². The molecule has 18 heavy (non-hydrogen) atoms. The lowest BCUT2D eigenvalue weighted by Crippen LogP contribution is -2.36. The van der Waals surface area contributed by atoms with E-state index < -0.39 is 0 Å². The van der Waals surface area contributed by atoms with Crippen LogP contribution >= 0.6 is 0 Å². The van der Waals surface area contributed by atoms with E-state index >= 15 is 0 Å². The van der Waals surface area contributed by atoms with Gasteiger partial charge in [0.05, 0.1) is 0 Å². The van der Waals surface area contributed by atoms with Crippen LogP contribution in [0.2, 0.25) is 0 Å². The number of anilines is 1. The predicted molar refractivity (Wildman–Crippen MR) is 71.5 cm³/mol. The van der Waals surface area contributed by atoms with Crippen LogP contribution in [0, 0.1) is 0 Å². The van der Waals surface area contributed by atoms with Crippen LogP contribution < -0.4 is 4.90 Å². The quantitative estimate of drug-likeness (QED) is 0.526. The predicted octanol–water partition coefficient (Wildman–Crippen LogP) is 2.44. The Bertz CT molecular complexity index is 340. The maximum atomic E-state index is 12.0. The van der Waals surface area contributed by atoms with Gasteiger partial charge in [0.2, 0.25) is 0 Å². The zero-order valence-corrected chi connectivity index (χ0v) is 11.1. The number of hydrogen-bond acceptors (Lipinski definition) is 3. The molecule has 0 radical (unpaired) electrons. The Morgan fingerprint density at radius 3 is 2.50 bits per heavy atom. The summed E-state index contributed by atoms with van der Waals surface area (Å²) in [4.78, 5) is 13.6. The highest BCUT2D eigenvalue weighted by Gasteiger charge is 2.15. The Morgan fingerprint density at radius 2 is 1.89 bits per heavy atom. The minimum Gasteiger partial charge on any atom is -0.372 e. The highest BCUT2D eigenvalue weighted by atomic mass is 16.5. The number of hydrogen-bond donors (Lipinski definition) is 0. The van der Waals surface area contributed by atoms with Gasteiger partial charge in [-0.15, -0.1) is 0 Å². The summed E-state index contributed by atoms with van der Waals surface area (Å²) in [5.41, 5.74) is 0.832. The van der Waals surface area contributed by atoms with Crippen LogP contribution in [0.3, 0.4) is 0 Å². The summed E-state index contributed by atoms with van der Waals surface area (Å²) in [6.07, 6.45) is 0.933. The molecule has 0 heterocycles. The first-order valence-electron chi connectivity index (χ1n) is 6.30. The van der Waals surface area contributed by atoms with Crippen molar-refractivity contribution in [3.05, 3.63) is 30.3 Å². The van der Waals surface area contributed by atoms with Crippen molar-refractivity contribution in [1.82, 2.24) is 0 Å². The first kappa shape index (κ1) is 14.7. The lowest BCUT2D eigenvalue weighted by atomic mass is 10.3. The topological polar surface area (TPSA) is 38.8 Å². The van der Waals surface area contributed by atoms with Crippen LogP contribution in [-0.2, 0) is 14.3 Å². The van der Waals surface area contributed by atoms with Crippen molar-refractivity contribution in [2.45, 2.75) is 20.3 Å². The zero-order valence-electron chi connectivity index (χ0n) is 11.1. The third-order valence-electron chi connectivity index (χ3n) is 2.37. The van der Waals surface area contributed by atoms with Gasteiger partial charge in [-0.3, -0.25) is 9.69 Å². The van der Waals surface area contributed by atoms with Gasteiger partial charge in [-0.05, 0) is 25.5 Å². The fourth-order valence-electron chi connectivity index (χ4n) is 1.47.